The van der Waals surface area contributed by atoms with Gasteiger partial charge in [0.1, 0.15) is 10.5 Å². The zero-order valence-corrected chi connectivity index (χ0v) is 10.3. The van der Waals surface area contributed by atoms with E-state index in [-0.39, 0.29) is 5.91 Å². The monoisotopic (exact) mass is 237 g/mol. The van der Waals surface area contributed by atoms with Gasteiger partial charge in [-0.2, -0.15) is 0 Å². The summed E-state index contributed by atoms with van der Waals surface area (Å²) in [6.07, 6.45) is 2.89. The molecule has 1 aromatic heterocycles. The van der Waals surface area contributed by atoms with Crippen molar-refractivity contribution < 1.29 is 4.79 Å². The fourth-order valence-corrected chi connectivity index (χ4v) is 2.59. The summed E-state index contributed by atoms with van der Waals surface area (Å²) in [5.74, 6) is 0.339. The van der Waals surface area contributed by atoms with Crippen LogP contribution in [0.1, 0.15) is 27.9 Å². The number of carbonyl (C=O) groups excluding carboxylic acids is 1. The molecule has 0 atom stereocenters. The molecule has 1 aliphatic carbocycles. The number of amides is 1. The third-order valence-corrected chi connectivity index (χ3v) is 3.67. The van der Waals surface area contributed by atoms with Crippen molar-refractivity contribution in [2.24, 2.45) is 7.05 Å². The molecule has 1 aromatic rings. The van der Waals surface area contributed by atoms with Gasteiger partial charge >= 0.3 is 0 Å². The number of nitrogens with zero attached hydrogens (tertiary/aromatic N) is 1. The van der Waals surface area contributed by atoms with Crippen molar-refractivity contribution in [3.05, 3.63) is 21.3 Å². The summed E-state index contributed by atoms with van der Waals surface area (Å²) < 4.78 is 2.49. The van der Waals surface area contributed by atoms with E-state index in [4.69, 9.17) is 18.0 Å². The van der Waals surface area contributed by atoms with Gasteiger partial charge in [0.2, 0.25) is 0 Å². The zero-order chi connectivity index (χ0) is 11.9. The van der Waals surface area contributed by atoms with Gasteiger partial charge in [-0.05, 0) is 30.4 Å². The second kappa shape index (κ2) is 3.90. The van der Waals surface area contributed by atoms with E-state index in [1.807, 2.05) is 7.05 Å². The number of pyridine rings is 1. The maximum absolute atomic E-state index is 11.8. The van der Waals surface area contributed by atoms with E-state index in [0.717, 1.165) is 35.0 Å². The number of hydrogen-bond donors (Lipinski definition) is 2. The minimum Gasteiger partial charge on any atom is -0.384 e. The highest BCUT2D eigenvalue weighted by molar-refractivity contribution is 7.71. The molecule has 0 fully saturated rings. The van der Waals surface area contributed by atoms with Crippen molar-refractivity contribution in [3.8, 4) is 0 Å². The molecule has 3 N–H and O–H groups in total. The highest BCUT2D eigenvalue weighted by atomic mass is 32.1. The van der Waals surface area contributed by atoms with E-state index in [2.05, 4.69) is 5.32 Å². The van der Waals surface area contributed by atoms with Crippen LogP contribution in [0.2, 0.25) is 0 Å². The van der Waals surface area contributed by atoms with Gasteiger partial charge in [0, 0.05) is 14.1 Å². The lowest BCUT2D eigenvalue weighted by atomic mass is 10.0. The van der Waals surface area contributed by atoms with Crippen LogP contribution in [0.15, 0.2) is 0 Å². The van der Waals surface area contributed by atoms with Gasteiger partial charge in [0.25, 0.3) is 5.91 Å². The molecule has 4 nitrogen and oxygen atoms in total. The summed E-state index contributed by atoms with van der Waals surface area (Å²) in [4.78, 5) is 11.8. The summed E-state index contributed by atoms with van der Waals surface area (Å²) >= 11 is 5.34. The maximum Gasteiger partial charge on any atom is 0.254 e. The number of nitrogens with two attached hydrogens (primary N) is 1. The number of carbonyl (C=O) groups is 1. The summed E-state index contributed by atoms with van der Waals surface area (Å²) in [5.41, 5.74) is 8.73. The normalized spacial score (nSPS) is 13.6. The van der Waals surface area contributed by atoms with Crippen LogP contribution in [-0.2, 0) is 19.9 Å². The second-order valence-corrected chi connectivity index (χ2v) is 4.40. The molecule has 16 heavy (non-hydrogen) atoms. The molecule has 86 valence electrons. The Morgan fingerprint density at radius 1 is 1.44 bits per heavy atom. The Labute approximate surface area is 99.5 Å². The topological polar surface area (TPSA) is 60.0 Å². The van der Waals surface area contributed by atoms with Gasteiger partial charge in [0.05, 0.1) is 5.56 Å². The van der Waals surface area contributed by atoms with Crippen LogP contribution >= 0.6 is 12.2 Å². The molecule has 1 heterocycles. The van der Waals surface area contributed by atoms with Crippen LogP contribution < -0.4 is 11.1 Å². The van der Waals surface area contributed by atoms with E-state index in [0.29, 0.717) is 11.4 Å². The molecule has 0 saturated heterocycles. The Hall–Kier alpha value is -1.36. The molecular weight excluding hydrogens is 222 g/mol. The average Bonchev–Trinajstić information content (AvgIpc) is 2.74. The lowest BCUT2D eigenvalue weighted by Gasteiger charge is -2.15. The van der Waals surface area contributed by atoms with E-state index < -0.39 is 0 Å². The molecule has 0 spiro atoms. The predicted octanol–water partition coefficient (Wildman–Crippen LogP) is 1.19. The van der Waals surface area contributed by atoms with Crippen molar-refractivity contribution in [2.75, 3.05) is 12.8 Å². The molecule has 5 heteroatoms. The summed E-state index contributed by atoms with van der Waals surface area (Å²) in [6, 6.07) is 0. The van der Waals surface area contributed by atoms with Gasteiger partial charge in [-0.1, -0.05) is 12.2 Å². The van der Waals surface area contributed by atoms with Crippen LogP contribution in [0, 0.1) is 4.64 Å². The Balaban J connectivity index is 2.79. The molecule has 0 unspecified atom stereocenters. The fourth-order valence-electron chi connectivity index (χ4n) is 2.27. The van der Waals surface area contributed by atoms with Crippen molar-refractivity contribution in [3.63, 3.8) is 0 Å². The Kier molecular flexibility index (Phi) is 2.71. The number of anilines is 1. The Morgan fingerprint density at radius 3 is 2.69 bits per heavy atom. The highest BCUT2D eigenvalue weighted by Crippen LogP contribution is 2.30. The second-order valence-electron chi connectivity index (χ2n) is 4.01. The predicted molar refractivity (Wildman–Crippen MR) is 66.1 cm³/mol. The van der Waals surface area contributed by atoms with Gasteiger partial charge in [-0.15, -0.1) is 0 Å². The first-order valence-corrected chi connectivity index (χ1v) is 5.71. The van der Waals surface area contributed by atoms with Gasteiger partial charge in [-0.25, -0.2) is 0 Å². The molecular formula is C11H15N3OS. The fraction of sp³-hybridized carbons (Fsp3) is 0.455. The number of hydrogen-bond acceptors (Lipinski definition) is 3. The quantitative estimate of drug-likeness (QED) is 0.721. The molecule has 0 radical (unpaired) electrons. The first-order valence-electron chi connectivity index (χ1n) is 5.30. The smallest absolute Gasteiger partial charge is 0.254 e. The van der Waals surface area contributed by atoms with Gasteiger partial charge in [-0.3, -0.25) is 4.79 Å². The largest absolute Gasteiger partial charge is 0.384 e. The van der Waals surface area contributed by atoms with E-state index in [1.54, 1.807) is 11.6 Å². The van der Waals surface area contributed by atoms with E-state index in [1.165, 1.54) is 0 Å². The maximum atomic E-state index is 11.8. The number of fused-ring (bicyclic) bond motifs is 1. The first-order chi connectivity index (χ1) is 7.57. The van der Waals surface area contributed by atoms with Crippen molar-refractivity contribution in [1.29, 1.82) is 0 Å². The third kappa shape index (κ3) is 1.43. The standard InChI is InChI=1S/C11H15N3OS/c1-13-10(15)8-6-4-3-5-7(6)11(16)14(2)9(8)12/h3-5,12H2,1-2H3,(H,13,15). The lowest BCUT2D eigenvalue weighted by molar-refractivity contribution is 0.0962. The van der Waals surface area contributed by atoms with Crippen LogP contribution in [-0.4, -0.2) is 17.5 Å². The van der Waals surface area contributed by atoms with Crippen LogP contribution in [0.4, 0.5) is 5.82 Å². The SMILES string of the molecule is CNC(=O)c1c2c(c(=S)n(C)c1N)CCC2. The van der Waals surface area contributed by atoms with Crippen LogP contribution in [0.5, 0.6) is 0 Å². The van der Waals surface area contributed by atoms with E-state index in [9.17, 15) is 4.79 Å². The molecule has 1 aliphatic rings. The minimum atomic E-state index is -0.124. The van der Waals surface area contributed by atoms with Gasteiger partial charge < -0.3 is 15.6 Å². The van der Waals surface area contributed by atoms with Crippen molar-refractivity contribution in [2.45, 2.75) is 19.3 Å². The van der Waals surface area contributed by atoms with Crippen LogP contribution in [0.3, 0.4) is 0 Å². The Bertz CT molecular complexity index is 519. The molecule has 0 bridgehead atoms. The highest BCUT2D eigenvalue weighted by Gasteiger charge is 2.24. The van der Waals surface area contributed by atoms with Gasteiger partial charge in [0.15, 0.2) is 0 Å². The number of aromatic nitrogens is 1. The summed E-state index contributed by atoms with van der Waals surface area (Å²) in [7, 11) is 3.42. The van der Waals surface area contributed by atoms with Crippen molar-refractivity contribution >= 4 is 23.9 Å². The summed E-state index contributed by atoms with van der Waals surface area (Å²) in [5, 5.41) is 2.63. The molecule has 2 rings (SSSR count). The first kappa shape index (κ1) is 11.1. The molecule has 1 amide bonds. The third-order valence-electron chi connectivity index (χ3n) is 3.15. The number of nitrogen functional groups attached to an aromatic ring is 1. The number of rotatable bonds is 1. The molecule has 0 saturated carbocycles. The molecule has 0 aliphatic heterocycles. The average molecular weight is 237 g/mol. The minimum absolute atomic E-state index is 0.124. The molecule has 0 aromatic carbocycles. The summed E-state index contributed by atoms with van der Waals surface area (Å²) in [6.45, 7) is 0. The zero-order valence-electron chi connectivity index (χ0n) is 9.46. The van der Waals surface area contributed by atoms with Crippen LogP contribution in [0.25, 0.3) is 0 Å². The number of nitrogens with one attached hydrogen (secondary N) is 1. The Morgan fingerprint density at radius 2 is 2.06 bits per heavy atom. The lowest BCUT2D eigenvalue weighted by Crippen LogP contribution is -2.24. The van der Waals surface area contributed by atoms with Crippen molar-refractivity contribution in [1.82, 2.24) is 9.88 Å². The van der Waals surface area contributed by atoms with E-state index >= 15 is 0 Å².